The van der Waals surface area contributed by atoms with Gasteiger partial charge >= 0.3 is 47.9 Å². The van der Waals surface area contributed by atoms with Crippen LogP contribution >= 0.6 is 0 Å². The zero-order valence-electron chi connectivity index (χ0n) is 48.5. The van der Waals surface area contributed by atoms with Gasteiger partial charge < -0.3 is 33.2 Å². The molecule has 1 heterocycles. The second kappa shape index (κ2) is 72.6. The average molecular weight is 1140 g/mol. The summed E-state index contributed by atoms with van der Waals surface area (Å²) in [6, 6.07) is 9.73. The van der Waals surface area contributed by atoms with E-state index in [1.54, 1.807) is 38.2 Å². The van der Waals surface area contributed by atoms with Crippen LogP contribution in [0.5, 0.6) is 0 Å². The fraction of sp³-hybridized carbons (Fsp3) is 0.238. The topological polar surface area (TPSA) is 284 Å². The predicted molar refractivity (Wildman–Crippen MR) is 315 cm³/mol. The van der Waals surface area contributed by atoms with Gasteiger partial charge in [0.05, 0.1) is 41.6 Å². The number of hydrogen-bond acceptors (Lipinski definition) is 19. The van der Waals surface area contributed by atoms with E-state index in [9.17, 15) is 47.9 Å². The van der Waals surface area contributed by atoms with Gasteiger partial charge in [0.1, 0.15) is 5.78 Å². The third-order valence-electron chi connectivity index (χ3n) is 7.11. The average Bonchev–Trinajstić information content (AvgIpc) is 4.22. The first kappa shape index (κ1) is 88.1. The highest BCUT2D eigenvalue weighted by Gasteiger charge is 2.10. The largest absolute Gasteiger partial charge is 0.466 e. The number of hydrogen-bond donors (Lipinski definition) is 0. The molecule has 82 heavy (non-hydrogen) atoms. The molecular formula is C63H77NO18. The zero-order chi connectivity index (χ0) is 64.8. The van der Waals surface area contributed by atoms with Gasteiger partial charge in [0.25, 0.3) is 0 Å². The molecule has 0 atom stereocenters. The summed E-state index contributed by atoms with van der Waals surface area (Å²) in [6.45, 7) is 30.2. The number of nitriles is 1. The van der Waals surface area contributed by atoms with Gasteiger partial charge in [0.15, 0.2) is 11.6 Å². The van der Waals surface area contributed by atoms with Gasteiger partial charge in [-0.1, -0.05) is 156 Å². The summed E-state index contributed by atoms with van der Waals surface area (Å²) in [5.41, 5.74) is 1.02. The quantitative estimate of drug-likeness (QED) is 0.0379. The first-order valence-electron chi connectivity index (χ1n) is 23.7. The summed E-state index contributed by atoms with van der Waals surface area (Å²) < 4.78 is 24.9. The molecule has 0 spiro atoms. The minimum atomic E-state index is -0.759. The first-order chi connectivity index (χ1) is 38.9. The SMILES string of the molecule is C/C=C/C(=O)OC.C1=CCC=C1.C1=CCCC=C1.C=CC(=C)C.C=CC=C.C=c1ccccc1=C.CCC#N.CCC(C)=O.COC(=O)/C=C\C(=O)OC.COC(=O)C#CC(=O)OC.O=C1C=CC(=O)C=C1.O=C1C=CC(=O)O1.O=C=O. The molecule has 1 aromatic rings. The van der Waals surface area contributed by atoms with E-state index in [2.05, 4.69) is 117 Å². The molecule has 3 aliphatic carbocycles. The molecule has 0 bridgehead atoms. The summed E-state index contributed by atoms with van der Waals surface area (Å²) in [5, 5.41) is 9.64. The number of cyclic esters (lactones) is 2. The number of allylic oxidation sites excluding steroid dienone is 17. The van der Waals surface area contributed by atoms with Gasteiger partial charge in [-0.3, -0.25) is 9.59 Å². The number of methoxy groups -OCH3 is 5. The van der Waals surface area contributed by atoms with Crippen molar-refractivity contribution in [1.29, 1.82) is 5.26 Å². The molecule has 4 aliphatic rings. The van der Waals surface area contributed by atoms with Crippen LogP contribution in [0.25, 0.3) is 13.2 Å². The van der Waals surface area contributed by atoms with Crippen LogP contribution in [0, 0.1) is 23.2 Å². The van der Waals surface area contributed by atoms with Crippen molar-refractivity contribution in [2.24, 2.45) is 0 Å². The highest BCUT2D eigenvalue weighted by Crippen LogP contribution is 1.98. The van der Waals surface area contributed by atoms with E-state index >= 15 is 0 Å². The zero-order valence-corrected chi connectivity index (χ0v) is 48.5. The molecule has 19 nitrogen and oxygen atoms in total. The number of benzene rings is 1. The summed E-state index contributed by atoms with van der Waals surface area (Å²) in [6.07, 6.45) is 39.2. The smallest absolute Gasteiger partial charge is 0.384 e. The van der Waals surface area contributed by atoms with Gasteiger partial charge in [0, 0.05) is 55.1 Å². The van der Waals surface area contributed by atoms with Gasteiger partial charge in [0.2, 0.25) is 0 Å². The maximum atomic E-state index is 10.3. The maximum Gasteiger partial charge on any atom is 0.384 e. The van der Waals surface area contributed by atoms with Crippen LogP contribution < -0.4 is 10.4 Å². The highest BCUT2D eigenvalue weighted by molar-refractivity contribution is 6.14. The van der Waals surface area contributed by atoms with Crippen LogP contribution in [0.4, 0.5) is 0 Å². The standard InChI is InChI=1S/C8H8.C6H8O4.C6H6O4.C6H4O2.C6H8.C5H8O2.C5H6.C5H8.C4H2O3.C4H8O.C4H6.C3H5N.CO2/c1-7-5-3-4-6-8(7)2;2*1-9-5(7)3-4-6(8)10-2;7-5-1-2-6(8)4-3-5;1-2-4-6-5-3-1;1-3-4-5(6)7-2;1-2-4-5-3-1;1-4-5(2)3;5-3-1-2-4(6)7-3;1-3-4(2)5;1-3-4-2;1-2-3-4;2-1-3/h3-6H,1-2H2;3-4H,1-2H3;1-2H3;1-4H;1-4H,5-6H2;3-4H,1-2H3;1-4H,5H2;4H,1-2H2,3H3;1-2H;3H2,1-2H3;3-4H,1-2H2;2H2,1H3;/b;4-3-;;;;4-3+;;;;;;;. The molecule has 0 saturated heterocycles. The third-order valence-corrected chi connectivity index (χ3v) is 7.11. The lowest BCUT2D eigenvalue weighted by atomic mass is 10.2. The highest BCUT2D eigenvalue weighted by atomic mass is 16.6. The maximum absolute atomic E-state index is 10.3. The number of Topliss-reactive ketones (excluding diaryl/α,β-unsaturated/α-hetero) is 1. The van der Waals surface area contributed by atoms with Crippen LogP contribution in [-0.2, 0) is 86.0 Å². The Balaban J connectivity index is -0.000000122. The Hall–Kier alpha value is -10.5. The van der Waals surface area contributed by atoms with Crippen LogP contribution in [0.2, 0.25) is 0 Å². The number of ketones is 3. The number of carbonyl (C=O) groups excluding carboxylic acids is 12. The van der Waals surface area contributed by atoms with E-state index < -0.39 is 35.8 Å². The molecular weight excluding hydrogens is 1060 g/mol. The van der Waals surface area contributed by atoms with Crippen molar-refractivity contribution in [2.45, 2.75) is 66.7 Å². The Morgan fingerprint density at radius 1 is 0.598 bits per heavy atom. The minimum absolute atomic E-state index is 0.121. The molecule has 0 saturated carbocycles. The molecule has 0 unspecified atom stereocenters. The lowest BCUT2D eigenvalue weighted by molar-refractivity contribution is -0.192. The van der Waals surface area contributed by atoms with Gasteiger partial charge in [-0.25, -0.2) is 33.6 Å². The fourth-order valence-electron chi connectivity index (χ4n) is 2.92. The van der Waals surface area contributed by atoms with E-state index in [1.807, 2.05) is 62.9 Å². The molecule has 0 amide bonds. The number of carbonyl (C=O) groups is 10. The second-order valence-electron chi connectivity index (χ2n) is 13.6. The van der Waals surface area contributed by atoms with Crippen molar-refractivity contribution in [3.05, 3.63) is 194 Å². The molecule has 1 aliphatic heterocycles. The Morgan fingerprint density at radius 2 is 0.902 bits per heavy atom. The third kappa shape index (κ3) is 92.1. The first-order valence-corrected chi connectivity index (χ1v) is 23.7. The molecule has 5 rings (SSSR count). The van der Waals surface area contributed by atoms with Crippen molar-refractivity contribution in [3.8, 4) is 17.9 Å². The summed E-state index contributed by atoms with van der Waals surface area (Å²) in [5.74, 6) is -0.327. The van der Waals surface area contributed by atoms with Crippen LogP contribution in [0.3, 0.4) is 0 Å². The predicted octanol–water partition coefficient (Wildman–Crippen LogP) is 8.17. The lowest BCUT2D eigenvalue weighted by Gasteiger charge is -1.89. The van der Waals surface area contributed by atoms with Crippen molar-refractivity contribution < 1.29 is 86.0 Å². The van der Waals surface area contributed by atoms with Crippen molar-refractivity contribution in [3.63, 3.8) is 0 Å². The van der Waals surface area contributed by atoms with E-state index in [0.717, 1.165) is 46.7 Å². The van der Waals surface area contributed by atoms with Crippen molar-refractivity contribution in [1.82, 2.24) is 0 Å². The molecule has 0 N–H and O–H groups in total. The summed E-state index contributed by atoms with van der Waals surface area (Å²) >= 11 is 0. The molecule has 0 radical (unpaired) electrons. The monoisotopic (exact) mass is 1140 g/mol. The fourth-order valence-corrected chi connectivity index (χ4v) is 2.92. The van der Waals surface area contributed by atoms with E-state index in [1.165, 1.54) is 78.8 Å². The number of esters is 7. The molecule has 1 aromatic carbocycles. The Morgan fingerprint density at radius 3 is 1.05 bits per heavy atom. The molecule has 19 heteroatoms. The number of nitrogens with zero attached hydrogens (tertiary/aromatic N) is 1. The normalized spacial score (nSPS) is 10.8. The van der Waals surface area contributed by atoms with E-state index in [-0.39, 0.29) is 29.5 Å². The second-order valence-corrected chi connectivity index (χ2v) is 13.6. The van der Waals surface area contributed by atoms with Crippen LogP contribution in [0.15, 0.2) is 184 Å². The lowest BCUT2D eigenvalue weighted by Crippen LogP contribution is -2.19. The van der Waals surface area contributed by atoms with Gasteiger partial charge in [-0.05, 0) is 74.8 Å². The number of ether oxygens (including phenoxy) is 6. The number of rotatable bonds is 6. The summed E-state index contributed by atoms with van der Waals surface area (Å²) in [4.78, 5) is 118. The summed E-state index contributed by atoms with van der Waals surface area (Å²) in [7, 11) is 6.15. The Labute approximate surface area is 482 Å². The van der Waals surface area contributed by atoms with Gasteiger partial charge in [-0.15, -0.1) is 0 Å². The van der Waals surface area contributed by atoms with Crippen molar-refractivity contribution >= 4 is 78.4 Å². The van der Waals surface area contributed by atoms with Gasteiger partial charge in [-0.2, -0.15) is 14.9 Å². The Kier molecular flexibility index (Phi) is 78.0. The Bertz CT molecular complexity index is 2490. The van der Waals surface area contributed by atoms with E-state index in [0.29, 0.717) is 12.8 Å². The molecule has 0 aromatic heterocycles. The molecule has 442 valence electrons. The van der Waals surface area contributed by atoms with Crippen LogP contribution in [0.1, 0.15) is 66.7 Å². The van der Waals surface area contributed by atoms with Crippen LogP contribution in [-0.4, -0.2) is 101 Å². The van der Waals surface area contributed by atoms with E-state index in [4.69, 9.17) is 14.9 Å². The van der Waals surface area contributed by atoms with Crippen molar-refractivity contribution in [2.75, 3.05) is 35.5 Å². The minimum Gasteiger partial charge on any atom is -0.466 e. The molecule has 0 fully saturated rings.